The Morgan fingerprint density at radius 3 is 2.19 bits per heavy atom. The number of ether oxygens (including phenoxy) is 3. The van der Waals surface area contributed by atoms with Gasteiger partial charge in [-0.05, 0) is 19.0 Å². The van der Waals surface area contributed by atoms with Crippen molar-refractivity contribution in [2.24, 2.45) is 0 Å². The fourth-order valence-corrected chi connectivity index (χ4v) is 2.38. The summed E-state index contributed by atoms with van der Waals surface area (Å²) in [5.41, 5.74) is 1.09. The van der Waals surface area contributed by atoms with Crippen molar-refractivity contribution in [1.29, 1.82) is 0 Å². The molecule has 0 aliphatic heterocycles. The largest absolute Gasteiger partial charge is 0.493 e. The molecule has 4 heteroatoms. The molecule has 1 N–H and O–H groups in total. The molecule has 0 amide bonds. The summed E-state index contributed by atoms with van der Waals surface area (Å²) >= 11 is 0. The minimum atomic E-state index is 0.655. The van der Waals surface area contributed by atoms with Gasteiger partial charge in [-0.1, -0.05) is 38.7 Å². The number of nitrogens with one attached hydrogen (secondary N) is 1. The zero-order valence-electron chi connectivity index (χ0n) is 13.8. The molecule has 0 saturated carbocycles. The maximum Gasteiger partial charge on any atom is 0.203 e. The fraction of sp³-hybridized carbons (Fsp3) is 0.647. The van der Waals surface area contributed by atoms with E-state index in [1.54, 1.807) is 21.3 Å². The van der Waals surface area contributed by atoms with E-state index in [0.29, 0.717) is 11.5 Å². The number of methoxy groups -OCH3 is 3. The van der Waals surface area contributed by atoms with Crippen LogP contribution in [0.5, 0.6) is 17.2 Å². The molecule has 0 spiro atoms. The van der Waals surface area contributed by atoms with Crippen molar-refractivity contribution >= 4 is 0 Å². The number of unbranched alkanes of at least 4 members (excludes halogenated alkanes) is 4. The number of benzene rings is 1. The van der Waals surface area contributed by atoms with Gasteiger partial charge in [-0.15, -0.1) is 0 Å². The van der Waals surface area contributed by atoms with E-state index in [1.807, 2.05) is 12.1 Å². The Hall–Kier alpha value is -1.42. The third-order valence-electron chi connectivity index (χ3n) is 3.56. The lowest BCUT2D eigenvalue weighted by atomic mass is 10.1. The Balaban J connectivity index is 2.51. The van der Waals surface area contributed by atoms with Crippen LogP contribution in [0.25, 0.3) is 0 Å². The Morgan fingerprint density at radius 1 is 0.857 bits per heavy atom. The third-order valence-corrected chi connectivity index (χ3v) is 3.56. The van der Waals surface area contributed by atoms with Gasteiger partial charge in [-0.3, -0.25) is 0 Å². The molecule has 0 saturated heterocycles. The van der Waals surface area contributed by atoms with E-state index in [9.17, 15) is 0 Å². The summed E-state index contributed by atoms with van der Waals surface area (Å²) < 4.78 is 16.2. The fourth-order valence-electron chi connectivity index (χ4n) is 2.38. The van der Waals surface area contributed by atoms with Crippen LogP contribution in [0.15, 0.2) is 12.1 Å². The van der Waals surface area contributed by atoms with Crippen molar-refractivity contribution in [2.75, 3.05) is 27.9 Å². The summed E-state index contributed by atoms with van der Waals surface area (Å²) in [5, 5.41) is 3.47. The van der Waals surface area contributed by atoms with Crippen LogP contribution in [0, 0.1) is 0 Å². The number of hydrogen-bond donors (Lipinski definition) is 1. The van der Waals surface area contributed by atoms with Gasteiger partial charge in [0.2, 0.25) is 5.75 Å². The van der Waals surface area contributed by atoms with Gasteiger partial charge >= 0.3 is 0 Å². The lowest BCUT2D eigenvalue weighted by Crippen LogP contribution is -2.15. The molecule has 21 heavy (non-hydrogen) atoms. The van der Waals surface area contributed by atoms with E-state index in [2.05, 4.69) is 12.2 Å². The molecule has 1 aromatic rings. The first-order chi connectivity index (χ1) is 10.3. The molecule has 0 bridgehead atoms. The molecule has 4 nitrogen and oxygen atoms in total. The predicted octanol–water partition coefficient (Wildman–Crippen LogP) is 3.77. The molecular weight excluding hydrogens is 266 g/mol. The summed E-state index contributed by atoms with van der Waals surface area (Å²) in [5.74, 6) is 2.09. The molecular formula is C17H29NO3. The first-order valence-corrected chi connectivity index (χ1v) is 7.77. The van der Waals surface area contributed by atoms with Crippen LogP contribution in [0.1, 0.15) is 44.6 Å². The first-order valence-electron chi connectivity index (χ1n) is 7.77. The average Bonchev–Trinajstić information content (AvgIpc) is 2.52. The minimum Gasteiger partial charge on any atom is -0.493 e. The van der Waals surface area contributed by atoms with Crippen molar-refractivity contribution in [3.63, 3.8) is 0 Å². The summed E-state index contributed by atoms with van der Waals surface area (Å²) in [6.07, 6.45) is 6.47. The molecule has 0 fully saturated rings. The van der Waals surface area contributed by atoms with Crippen molar-refractivity contribution in [3.05, 3.63) is 17.7 Å². The molecule has 0 atom stereocenters. The lowest BCUT2D eigenvalue weighted by Gasteiger charge is -2.16. The van der Waals surface area contributed by atoms with Gasteiger partial charge in [0.15, 0.2) is 11.5 Å². The normalized spacial score (nSPS) is 10.5. The van der Waals surface area contributed by atoms with Crippen LogP contribution in [-0.2, 0) is 6.54 Å². The van der Waals surface area contributed by atoms with Crippen LogP contribution in [-0.4, -0.2) is 27.9 Å². The monoisotopic (exact) mass is 295 g/mol. The van der Waals surface area contributed by atoms with Gasteiger partial charge in [0.25, 0.3) is 0 Å². The zero-order valence-corrected chi connectivity index (χ0v) is 13.8. The van der Waals surface area contributed by atoms with Crippen LogP contribution >= 0.6 is 0 Å². The number of hydrogen-bond acceptors (Lipinski definition) is 4. The minimum absolute atomic E-state index is 0.655. The van der Waals surface area contributed by atoms with E-state index in [1.165, 1.54) is 32.1 Å². The van der Waals surface area contributed by atoms with Crippen LogP contribution in [0.2, 0.25) is 0 Å². The third kappa shape index (κ3) is 5.46. The molecule has 0 aromatic heterocycles. The van der Waals surface area contributed by atoms with E-state index in [4.69, 9.17) is 14.2 Å². The lowest BCUT2D eigenvalue weighted by molar-refractivity contribution is 0.321. The standard InChI is InChI=1S/C17H29NO3/c1-5-6-7-8-9-12-18-13-14-10-11-15(19-2)17(21-4)16(14)20-3/h10-11,18H,5-9,12-13H2,1-4H3. The molecule has 120 valence electrons. The molecule has 0 radical (unpaired) electrons. The molecule has 0 heterocycles. The van der Waals surface area contributed by atoms with Gasteiger partial charge in [0.1, 0.15) is 0 Å². The first kappa shape index (κ1) is 17.6. The van der Waals surface area contributed by atoms with E-state index in [-0.39, 0.29) is 0 Å². The average molecular weight is 295 g/mol. The van der Waals surface area contributed by atoms with Crippen LogP contribution < -0.4 is 19.5 Å². The second-order valence-electron chi connectivity index (χ2n) is 5.08. The summed E-state index contributed by atoms with van der Waals surface area (Å²) in [6.45, 7) is 4.04. The van der Waals surface area contributed by atoms with Crippen molar-refractivity contribution in [1.82, 2.24) is 5.32 Å². The van der Waals surface area contributed by atoms with Gasteiger partial charge in [-0.25, -0.2) is 0 Å². The quantitative estimate of drug-likeness (QED) is 0.631. The maximum atomic E-state index is 5.47. The summed E-state index contributed by atoms with van der Waals surface area (Å²) in [4.78, 5) is 0. The molecule has 1 rings (SSSR count). The highest BCUT2D eigenvalue weighted by Gasteiger charge is 2.15. The summed E-state index contributed by atoms with van der Waals surface area (Å²) in [6, 6.07) is 3.93. The van der Waals surface area contributed by atoms with E-state index in [0.717, 1.165) is 24.4 Å². The SMILES string of the molecule is CCCCCCCNCc1ccc(OC)c(OC)c1OC. The second kappa shape index (κ2) is 10.3. The van der Waals surface area contributed by atoms with E-state index < -0.39 is 0 Å². The zero-order chi connectivity index (χ0) is 15.5. The van der Waals surface area contributed by atoms with Crippen molar-refractivity contribution in [3.8, 4) is 17.2 Å². The predicted molar refractivity (Wildman–Crippen MR) is 86.6 cm³/mol. The molecule has 0 aliphatic carbocycles. The van der Waals surface area contributed by atoms with Crippen molar-refractivity contribution < 1.29 is 14.2 Å². The Morgan fingerprint density at radius 2 is 1.57 bits per heavy atom. The molecule has 1 aromatic carbocycles. The van der Waals surface area contributed by atoms with Gasteiger partial charge < -0.3 is 19.5 Å². The van der Waals surface area contributed by atoms with Crippen molar-refractivity contribution in [2.45, 2.75) is 45.6 Å². The topological polar surface area (TPSA) is 39.7 Å². The summed E-state index contributed by atoms with van der Waals surface area (Å²) in [7, 11) is 4.92. The molecule has 0 unspecified atom stereocenters. The maximum absolute atomic E-state index is 5.47. The Bertz CT molecular complexity index is 407. The van der Waals surface area contributed by atoms with E-state index >= 15 is 0 Å². The molecule has 0 aliphatic rings. The van der Waals surface area contributed by atoms with Gasteiger partial charge in [0.05, 0.1) is 21.3 Å². The second-order valence-corrected chi connectivity index (χ2v) is 5.08. The highest BCUT2D eigenvalue weighted by atomic mass is 16.5. The van der Waals surface area contributed by atoms with Crippen LogP contribution in [0.4, 0.5) is 0 Å². The highest BCUT2D eigenvalue weighted by molar-refractivity contribution is 5.55. The Kier molecular flexibility index (Phi) is 8.67. The smallest absolute Gasteiger partial charge is 0.203 e. The van der Waals surface area contributed by atoms with Crippen LogP contribution in [0.3, 0.4) is 0 Å². The number of rotatable bonds is 11. The Labute approximate surface area is 128 Å². The highest BCUT2D eigenvalue weighted by Crippen LogP contribution is 2.39. The van der Waals surface area contributed by atoms with Gasteiger partial charge in [-0.2, -0.15) is 0 Å². The van der Waals surface area contributed by atoms with Gasteiger partial charge in [0, 0.05) is 12.1 Å².